The Kier molecular flexibility index (Phi) is 4.47. The second-order valence-corrected chi connectivity index (χ2v) is 6.18. The van der Waals surface area contributed by atoms with Crippen molar-refractivity contribution in [2.75, 3.05) is 0 Å². The molecule has 0 aliphatic heterocycles. The molecule has 28 heavy (non-hydrogen) atoms. The summed E-state index contributed by atoms with van der Waals surface area (Å²) in [6.45, 7) is 0. The summed E-state index contributed by atoms with van der Waals surface area (Å²) >= 11 is 0. The minimum Gasteiger partial charge on any atom is -0.504 e. The summed E-state index contributed by atoms with van der Waals surface area (Å²) in [5.74, 6) is -0.928. The Morgan fingerprint density at radius 1 is 0.964 bits per heavy atom. The van der Waals surface area contributed by atoms with E-state index in [1.165, 1.54) is 18.3 Å². The number of benzene rings is 3. The van der Waals surface area contributed by atoms with Crippen LogP contribution in [0.25, 0.3) is 22.0 Å². The number of phenols is 2. The first-order chi connectivity index (χ1) is 13.6. The molecule has 0 bridgehead atoms. The maximum Gasteiger partial charge on any atom is 0.289 e. The van der Waals surface area contributed by atoms with Crippen LogP contribution in [-0.4, -0.2) is 32.5 Å². The predicted molar refractivity (Wildman–Crippen MR) is 106 cm³/mol. The highest BCUT2D eigenvalue weighted by molar-refractivity contribution is 5.94. The van der Waals surface area contributed by atoms with Crippen molar-refractivity contribution in [1.82, 2.24) is 15.6 Å². The van der Waals surface area contributed by atoms with Gasteiger partial charge in [-0.3, -0.25) is 9.89 Å². The fourth-order valence-corrected chi connectivity index (χ4v) is 2.78. The van der Waals surface area contributed by atoms with Crippen LogP contribution in [0, 0.1) is 0 Å². The van der Waals surface area contributed by atoms with Crippen molar-refractivity contribution in [2.24, 2.45) is 5.10 Å². The number of aromatic hydroxyl groups is 2. The van der Waals surface area contributed by atoms with Crippen LogP contribution in [0.2, 0.25) is 0 Å². The summed E-state index contributed by atoms with van der Waals surface area (Å²) < 4.78 is 0. The minimum atomic E-state index is -0.446. The number of phenolic OH excluding ortho intramolecular Hbond substituents is 2. The Bertz CT molecular complexity index is 1200. The van der Waals surface area contributed by atoms with Gasteiger partial charge in [0, 0.05) is 5.56 Å². The Hall–Kier alpha value is -4.13. The van der Waals surface area contributed by atoms with E-state index in [2.05, 4.69) is 20.7 Å². The SMILES string of the molecule is O=C(N/N=C/c1ccc(O)c(O)c1)c1cc(-c2ccc3ccccc3c2)n[nH]1. The normalized spacial score (nSPS) is 11.1. The summed E-state index contributed by atoms with van der Waals surface area (Å²) in [6.07, 6.45) is 1.36. The molecule has 0 saturated heterocycles. The number of hydrazone groups is 1. The lowest BCUT2D eigenvalue weighted by Crippen LogP contribution is -2.17. The van der Waals surface area contributed by atoms with Crippen molar-refractivity contribution in [3.63, 3.8) is 0 Å². The smallest absolute Gasteiger partial charge is 0.289 e. The minimum absolute atomic E-state index is 0.222. The Balaban J connectivity index is 1.47. The molecule has 0 radical (unpaired) electrons. The van der Waals surface area contributed by atoms with Crippen LogP contribution in [0.15, 0.2) is 71.8 Å². The number of fused-ring (bicyclic) bond motifs is 1. The predicted octanol–water partition coefficient (Wildman–Crippen LogP) is 3.41. The van der Waals surface area contributed by atoms with Crippen molar-refractivity contribution in [2.45, 2.75) is 0 Å². The van der Waals surface area contributed by atoms with E-state index in [9.17, 15) is 15.0 Å². The highest BCUT2D eigenvalue weighted by atomic mass is 16.3. The number of carbonyl (C=O) groups is 1. The van der Waals surface area contributed by atoms with E-state index >= 15 is 0 Å². The standard InChI is InChI=1S/C21H16N4O3/c26-19-8-5-13(9-20(19)27)12-22-25-21(28)18-11-17(23-24-18)16-7-6-14-3-1-2-4-15(14)10-16/h1-12,26-27H,(H,23,24)(H,25,28)/b22-12+. The van der Waals surface area contributed by atoms with E-state index < -0.39 is 5.91 Å². The number of rotatable bonds is 4. The lowest BCUT2D eigenvalue weighted by atomic mass is 10.1. The molecule has 3 aromatic carbocycles. The van der Waals surface area contributed by atoms with E-state index in [-0.39, 0.29) is 17.2 Å². The quantitative estimate of drug-likeness (QED) is 0.250. The van der Waals surface area contributed by atoms with Crippen LogP contribution >= 0.6 is 0 Å². The molecule has 138 valence electrons. The first kappa shape index (κ1) is 17.3. The monoisotopic (exact) mass is 372 g/mol. The van der Waals surface area contributed by atoms with Gasteiger partial charge in [-0.15, -0.1) is 0 Å². The van der Waals surface area contributed by atoms with Crippen LogP contribution in [0.3, 0.4) is 0 Å². The number of aromatic nitrogens is 2. The molecule has 4 rings (SSSR count). The van der Waals surface area contributed by atoms with E-state index in [0.29, 0.717) is 11.3 Å². The third-order valence-electron chi connectivity index (χ3n) is 4.25. The fourth-order valence-electron chi connectivity index (χ4n) is 2.78. The van der Waals surface area contributed by atoms with Crippen LogP contribution in [0.1, 0.15) is 16.1 Å². The molecule has 0 spiro atoms. The lowest BCUT2D eigenvalue weighted by Gasteiger charge is -2.00. The van der Waals surface area contributed by atoms with Gasteiger partial charge in [-0.05, 0) is 46.7 Å². The zero-order chi connectivity index (χ0) is 19.5. The van der Waals surface area contributed by atoms with E-state index in [4.69, 9.17) is 0 Å². The van der Waals surface area contributed by atoms with Crippen molar-refractivity contribution < 1.29 is 15.0 Å². The van der Waals surface area contributed by atoms with Crippen LogP contribution < -0.4 is 5.43 Å². The Labute approximate surface area is 160 Å². The molecule has 0 unspecified atom stereocenters. The van der Waals surface area contributed by atoms with Gasteiger partial charge in [-0.25, -0.2) is 5.43 Å². The van der Waals surface area contributed by atoms with Crippen LogP contribution in [0.4, 0.5) is 0 Å². The zero-order valence-corrected chi connectivity index (χ0v) is 14.6. The van der Waals surface area contributed by atoms with Gasteiger partial charge >= 0.3 is 0 Å². The number of amides is 1. The molecule has 7 nitrogen and oxygen atoms in total. The molecule has 1 heterocycles. The van der Waals surface area contributed by atoms with Gasteiger partial charge < -0.3 is 10.2 Å². The molecule has 7 heteroatoms. The van der Waals surface area contributed by atoms with Gasteiger partial charge in [0.15, 0.2) is 11.5 Å². The molecular formula is C21H16N4O3. The van der Waals surface area contributed by atoms with Crippen LogP contribution in [0.5, 0.6) is 11.5 Å². The molecule has 4 aromatic rings. The third-order valence-corrected chi connectivity index (χ3v) is 4.25. The van der Waals surface area contributed by atoms with Gasteiger partial charge in [-0.1, -0.05) is 36.4 Å². The number of nitrogens with one attached hydrogen (secondary N) is 2. The first-order valence-electron chi connectivity index (χ1n) is 8.50. The van der Waals surface area contributed by atoms with Crippen LogP contribution in [-0.2, 0) is 0 Å². The number of hydrogen-bond donors (Lipinski definition) is 4. The number of nitrogens with zero attached hydrogens (tertiary/aromatic N) is 2. The van der Waals surface area contributed by atoms with Crippen molar-refractivity contribution in [3.05, 3.63) is 78.0 Å². The Morgan fingerprint density at radius 3 is 2.61 bits per heavy atom. The zero-order valence-electron chi connectivity index (χ0n) is 14.6. The van der Waals surface area contributed by atoms with Gasteiger partial charge in [0.05, 0.1) is 11.9 Å². The summed E-state index contributed by atoms with van der Waals surface area (Å²) in [4.78, 5) is 12.2. The summed E-state index contributed by atoms with van der Waals surface area (Å²) in [6, 6.07) is 19.9. The number of carbonyl (C=O) groups excluding carboxylic acids is 1. The topological polar surface area (TPSA) is 111 Å². The van der Waals surface area contributed by atoms with E-state index in [1.54, 1.807) is 12.1 Å². The van der Waals surface area contributed by atoms with Crippen molar-refractivity contribution in [3.8, 4) is 22.8 Å². The molecule has 0 aliphatic carbocycles. The maximum absolute atomic E-state index is 12.2. The average molecular weight is 372 g/mol. The second kappa shape index (κ2) is 7.24. The number of aromatic amines is 1. The number of hydrogen-bond acceptors (Lipinski definition) is 5. The fraction of sp³-hybridized carbons (Fsp3) is 0. The van der Waals surface area contributed by atoms with E-state index in [0.717, 1.165) is 16.3 Å². The molecule has 0 saturated carbocycles. The molecule has 0 atom stereocenters. The number of H-pyrrole nitrogens is 1. The summed E-state index contributed by atoms with van der Waals surface area (Å²) in [7, 11) is 0. The summed E-state index contributed by atoms with van der Waals surface area (Å²) in [5, 5.41) is 31.7. The average Bonchev–Trinajstić information content (AvgIpc) is 3.20. The van der Waals surface area contributed by atoms with Crippen molar-refractivity contribution in [1.29, 1.82) is 0 Å². The Morgan fingerprint density at radius 2 is 1.79 bits per heavy atom. The summed E-state index contributed by atoms with van der Waals surface area (Å²) in [5.41, 5.74) is 4.74. The highest BCUT2D eigenvalue weighted by Crippen LogP contribution is 2.24. The molecule has 1 aromatic heterocycles. The highest BCUT2D eigenvalue weighted by Gasteiger charge is 2.11. The van der Waals surface area contributed by atoms with Gasteiger partial charge in [-0.2, -0.15) is 10.2 Å². The molecular weight excluding hydrogens is 356 g/mol. The molecule has 1 amide bonds. The largest absolute Gasteiger partial charge is 0.504 e. The van der Waals surface area contributed by atoms with Gasteiger partial charge in [0.25, 0.3) is 5.91 Å². The third kappa shape index (κ3) is 3.54. The second-order valence-electron chi connectivity index (χ2n) is 6.18. The maximum atomic E-state index is 12.2. The molecule has 0 aliphatic rings. The van der Waals surface area contributed by atoms with Crippen molar-refractivity contribution >= 4 is 22.9 Å². The molecule has 4 N–H and O–H groups in total. The van der Waals surface area contributed by atoms with E-state index in [1.807, 2.05) is 42.5 Å². The van der Waals surface area contributed by atoms with Gasteiger partial charge in [0.2, 0.25) is 0 Å². The molecule has 0 fully saturated rings. The first-order valence-corrected chi connectivity index (χ1v) is 8.50. The lowest BCUT2D eigenvalue weighted by molar-refractivity contribution is 0.0950. The van der Waals surface area contributed by atoms with Gasteiger partial charge in [0.1, 0.15) is 5.69 Å².